The van der Waals surface area contributed by atoms with E-state index in [0.29, 0.717) is 5.92 Å². The first-order chi connectivity index (χ1) is 6.81. The molecular formula is C12H16BrN. The van der Waals surface area contributed by atoms with Crippen molar-refractivity contribution in [3.63, 3.8) is 0 Å². The molecule has 1 atom stereocenters. The van der Waals surface area contributed by atoms with E-state index >= 15 is 0 Å². The van der Waals surface area contributed by atoms with Crippen LogP contribution >= 0.6 is 15.9 Å². The summed E-state index contributed by atoms with van der Waals surface area (Å²) < 4.78 is 1.16. The van der Waals surface area contributed by atoms with Gasteiger partial charge in [0, 0.05) is 4.47 Å². The first-order valence-corrected chi connectivity index (χ1v) is 6.06. The van der Waals surface area contributed by atoms with Crippen molar-refractivity contribution in [2.75, 3.05) is 6.54 Å². The van der Waals surface area contributed by atoms with Gasteiger partial charge in [-0.25, -0.2) is 0 Å². The van der Waals surface area contributed by atoms with Gasteiger partial charge in [-0.15, -0.1) is 0 Å². The third kappa shape index (κ3) is 2.01. The molecule has 14 heavy (non-hydrogen) atoms. The Labute approximate surface area is 93.8 Å². The summed E-state index contributed by atoms with van der Waals surface area (Å²) in [5, 5.41) is 0. The van der Waals surface area contributed by atoms with E-state index in [2.05, 4.69) is 40.2 Å². The molecule has 0 amide bonds. The zero-order valence-electron chi connectivity index (χ0n) is 8.25. The van der Waals surface area contributed by atoms with Crippen LogP contribution in [0, 0.1) is 5.92 Å². The van der Waals surface area contributed by atoms with Crippen LogP contribution in [0.3, 0.4) is 0 Å². The van der Waals surface area contributed by atoms with Crippen LogP contribution in [-0.4, -0.2) is 6.54 Å². The Hall–Kier alpha value is -0.340. The average Bonchev–Trinajstić information content (AvgIpc) is 2.10. The summed E-state index contributed by atoms with van der Waals surface area (Å²) >= 11 is 3.51. The lowest BCUT2D eigenvalue weighted by molar-refractivity contribution is 0.264. The molecule has 1 aromatic carbocycles. The predicted octanol–water partition coefficient (Wildman–Crippen LogP) is 3.29. The van der Waals surface area contributed by atoms with Gasteiger partial charge in [-0.2, -0.15) is 0 Å². The fourth-order valence-corrected chi connectivity index (χ4v) is 2.60. The fraction of sp³-hybridized carbons (Fsp3) is 0.500. The second-order valence-electron chi connectivity index (χ2n) is 4.09. The van der Waals surface area contributed by atoms with E-state index in [1.54, 1.807) is 0 Å². The van der Waals surface area contributed by atoms with Crippen molar-refractivity contribution in [1.29, 1.82) is 0 Å². The van der Waals surface area contributed by atoms with Crippen LogP contribution in [0.5, 0.6) is 0 Å². The molecule has 2 rings (SSSR count). The zero-order valence-corrected chi connectivity index (χ0v) is 9.83. The lowest BCUT2D eigenvalue weighted by atomic mass is 9.73. The molecule has 0 radical (unpaired) electrons. The third-order valence-corrected chi connectivity index (χ3v) is 3.74. The summed E-state index contributed by atoms with van der Waals surface area (Å²) in [7, 11) is 0. The van der Waals surface area contributed by atoms with Crippen molar-refractivity contribution in [2.45, 2.75) is 25.2 Å². The van der Waals surface area contributed by atoms with Crippen LogP contribution in [-0.2, 0) is 0 Å². The van der Waals surface area contributed by atoms with Crippen molar-refractivity contribution in [3.05, 3.63) is 34.3 Å². The maximum Gasteiger partial charge on any atom is 0.0178 e. The van der Waals surface area contributed by atoms with Crippen LogP contribution in [0.1, 0.15) is 30.7 Å². The highest BCUT2D eigenvalue weighted by Gasteiger charge is 2.27. The minimum atomic E-state index is 0.571. The van der Waals surface area contributed by atoms with Crippen LogP contribution in [0.4, 0.5) is 0 Å². The average molecular weight is 254 g/mol. The fourth-order valence-electron chi connectivity index (χ4n) is 2.18. The molecule has 1 unspecified atom stereocenters. The van der Waals surface area contributed by atoms with E-state index in [1.807, 2.05) is 0 Å². The summed E-state index contributed by atoms with van der Waals surface area (Å²) in [6.07, 6.45) is 4.10. The summed E-state index contributed by atoms with van der Waals surface area (Å²) in [6.45, 7) is 0.779. The lowest BCUT2D eigenvalue weighted by Gasteiger charge is -2.33. The molecule has 1 aliphatic rings. The van der Waals surface area contributed by atoms with E-state index in [4.69, 9.17) is 5.73 Å². The maximum atomic E-state index is 5.85. The molecule has 1 aromatic rings. The van der Waals surface area contributed by atoms with Gasteiger partial charge in [-0.3, -0.25) is 0 Å². The Morgan fingerprint density at radius 3 is 2.71 bits per heavy atom. The van der Waals surface area contributed by atoms with Gasteiger partial charge >= 0.3 is 0 Å². The Morgan fingerprint density at radius 2 is 2.21 bits per heavy atom. The number of hydrogen-bond acceptors (Lipinski definition) is 1. The Balaban J connectivity index is 2.17. The van der Waals surface area contributed by atoms with E-state index in [9.17, 15) is 0 Å². The lowest BCUT2D eigenvalue weighted by Crippen LogP contribution is -2.26. The van der Waals surface area contributed by atoms with Crippen molar-refractivity contribution >= 4 is 15.9 Å². The number of halogens is 1. The van der Waals surface area contributed by atoms with Crippen LogP contribution in [0.15, 0.2) is 28.7 Å². The second-order valence-corrected chi connectivity index (χ2v) is 5.00. The normalized spacial score (nSPS) is 19.0. The summed E-state index contributed by atoms with van der Waals surface area (Å²) in [4.78, 5) is 0. The number of rotatable bonds is 3. The van der Waals surface area contributed by atoms with Crippen molar-refractivity contribution in [1.82, 2.24) is 0 Å². The topological polar surface area (TPSA) is 26.0 Å². The number of benzene rings is 1. The minimum Gasteiger partial charge on any atom is -0.330 e. The zero-order chi connectivity index (χ0) is 9.97. The van der Waals surface area contributed by atoms with Gasteiger partial charge in [0.15, 0.2) is 0 Å². The number of hydrogen-bond donors (Lipinski definition) is 1. The largest absolute Gasteiger partial charge is 0.330 e. The van der Waals surface area contributed by atoms with Gasteiger partial charge in [-0.05, 0) is 48.9 Å². The van der Waals surface area contributed by atoms with Crippen LogP contribution < -0.4 is 5.73 Å². The maximum absolute atomic E-state index is 5.85. The van der Waals surface area contributed by atoms with Gasteiger partial charge in [0.1, 0.15) is 0 Å². The van der Waals surface area contributed by atoms with Gasteiger partial charge in [0.05, 0.1) is 0 Å². The molecule has 0 heterocycles. The molecular weight excluding hydrogens is 238 g/mol. The molecule has 1 saturated carbocycles. The first kappa shape index (κ1) is 10.2. The molecule has 1 fully saturated rings. The molecule has 76 valence electrons. The van der Waals surface area contributed by atoms with Crippen LogP contribution in [0.2, 0.25) is 0 Å². The van der Waals surface area contributed by atoms with E-state index in [0.717, 1.165) is 16.9 Å². The van der Waals surface area contributed by atoms with Gasteiger partial charge in [-0.1, -0.05) is 34.5 Å². The number of nitrogens with two attached hydrogens (primary N) is 1. The minimum absolute atomic E-state index is 0.571. The molecule has 2 N–H and O–H groups in total. The highest BCUT2D eigenvalue weighted by molar-refractivity contribution is 9.10. The first-order valence-electron chi connectivity index (χ1n) is 5.27. The van der Waals surface area contributed by atoms with Gasteiger partial charge < -0.3 is 5.73 Å². The predicted molar refractivity (Wildman–Crippen MR) is 63.3 cm³/mol. The molecule has 1 nitrogen and oxygen atoms in total. The Kier molecular flexibility index (Phi) is 3.24. The van der Waals surface area contributed by atoms with Gasteiger partial charge in [0.2, 0.25) is 0 Å². The smallest absolute Gasteiger partial charge is 0.0178 e. The monoisotopic (exact) mass is 253 g/mol. The molecule has 1 aliphatic carbocycles. The summed E-state index contributed by atoms with van der Waals surface area (Å²) in [5.41, 5.74) is 7.24. The molecule has 0 bridgehead atoms. The Bertz CT molecular complexity index is 307. The molecule has 0 aliphatic heterocycles. The Morgan fingerprint density at radius 1 is 1.43 bits per heavy atom. The molecule has 2 heteroatoms. The van der Waals surface area contributed by atoms with Crippen molar-refractivity contribution in [2.24, 2.45) is 11.7 Å². The molecule has 0 saturated heterocycles. The van der Waals surface area contributed by atoms with Gasteiger partial charge in [0.25, 0.3) is 0 Å². The molecule has 0 spiro atoms. The van der Waals surface area contributed by atoms with Crippen molar-refractivity contribution in [3.8, 4) is 0 Å². The standard InChI is InChI=1S/C12H16BrN/c13-11-6-2-5-10(7-11)12(8-14)9-3-1-4-9/h2,5-7,9,12H,1,3-4,8,14H2. The highest BCUT2D eigenvalue weighted by atomic mass is 79.9. The second kappa shape index (κ2) is 4.45. The summed E-state index contributed by atoms with van der Waals surface area (Å²) in [5.74, 6) is 1.40. The highest BCUT2D eigenvalue weighted by Crippen LogP contribution is 2.39. The van der Waals surface area contributed by atoms with Crippen molar-refractivity contribution < 1.29 is 0 Å². The summed E-state index contributed by atoms with van der Waals surface area (Å²) in [6, 6.07) is 8.56. The van der Waals surface area contributed by atoms with Crippen LogP contribution in [0.25, 0.3) is 0 Å². The molecule has 0 aromatic heterocycles. The van der Waals surface area contributed by atoms with E-state index in [1.165, 1.54) is 24.8 Å². The quantitative estimate of drug-likeness (QED) is 0.880. The SMILES string of the molecule is NCC(c1cccc(Br)c1)C1CCC1. The van der Waals surface area contributed by atoms with E-state index in [-0.39, 0.29) is 0 Å². The third-order valence-electron chi connectivity index (χ3n) is 3.25. The van der Waals surface area contributed by atoms with E-state index < -0.39 is 0 Å².